The van der Waals surface area contributed by atoms with E-state index in [1.165, 1.54) is 5.56 Å². The summed E-state index contributed by atoms with van der Waals surface area (Å²) in [5.74, 6) is -0.111. The van der Waals surface area contributed by atoms with Gasteiger partial charge in [0.15, 0.2) is 0 Å². The molecule has 0 unspecified atom stereocenters. The van der Waals surface area contributed by atoms with Gasteiger partial charge < -0.3 is 5.32 Å². The fraction of sp³-hybridized carbons (Fsp3) is 0.200. The van der Waals surface area contributed by atoms with Crippen molar-refractivity contribution in [3.05, 3.63) is 59.9 Å². The van der Waals surface area contributed by atoms with Crippen molar-refractivity contribution in [2.75, 3.05) is 10.6 Å². The van der Waals surface area contributed by atoms with Crippen LogP contribution in [0.4, 0.5) is 5.69 Å². The number of benzene rings is 1. The number of alkyl halides is 1. The van der Waals surface area contributed by atoms with Gasteiger partial charge in [-0.15, -0.1) is 0 Å². The van der Waals surface area contributed by atoms with Crippen molar-refractivity contribution in [3.8, 4) is 0 Å². The Morgan fingerprint density at radius 3 is 2.74 bits per heavy atom. The van der Waals surface area contributed by atoms with Gasteiger partial charge in [-0.25, -0.2) is 0 Å². The predicted molar refractivity (Wildman–Crippen MR) is 80.7 cm³/mol. The van der Waals surface area contributed by atoms with Gasteiger partial charge >= 0.3 is 0 Å². The van der Waals surface area contributed by atoms with E-state index in [1.54, 1.807) is 24.5 Å². The minimum absolute atomic E-state index is 0.111. The van der Waals surface area contributed by atoms with Crippen LogP contribution in [-0.2, 0) is 6.42 Å². The standard InChI is InChI=1S/C15H15BrN2O/c16-8-2-4-12-3-1-5-14(11-12)18-15(19)13-6-9-17-10-7-13/h1,3,5-7,9-11H,2,4,8H2,(H,18,19). The van der Waals surface area contributed by atoms with E-state index in [9.17, 15) is 4.79 Å². The van der Waals surface area contributed by atoms with Crippen LogP contribution >= 0.6 is 15.9 Å². The largest absolute Gasteiger partial charge is 0.322 e. The number of hydrogen-bond acceptors (Lipinski definition) is 2. The number of rotatable bonds is 5. The molecule has 0 bridgehead atoms. The van der Waals surface area contributed by atoms with Crippen LogP contribution in [0.5, 0.6) is 0 Å². The molecule has 1 amide bonds. The summed E-state index contributed by atoms with van der Waals surface area (Å²) in [5.41, 5.74) is 2.67. The van der Waals surface area contributed by atoms with Crippen LogP contribution in [0.25, 0.3) is 0 Å². The van der Waals surface area contributed by atoms with Crippen LogP contribution in [-0.4, -0.2) is 16.2 Å². The molecule has 3 nitrogen and oxygen atoms in total. The molecular formula is C15H15BrN2O. The maximum absolute atomic E-state index is 12.0. The molecular weight excluding hydrogens is 304 g/mol. The van der Waals surface area contributed by atoms with Gasteiger partial charge in [0.25, 0.3) is 5.91 Å². The van der Waals surface area contributed by atoms with E-state index in [2.05, 4.69) is 32.3 Å². The van der Waals surface area contributed by atoms with Gasteiger partial charge in [0.1, 0.15) is 0 Å². The van der Waals surface area contributed by atoms with E-state index in [-0.39, 0.29) is 5.91 Å². The fourth-order valence-electron chi connectivity index (χ4n) is 1.78. The lowest BCUT2D eigenvalue weighted by molar-refractivity contribution is 0.102. The van der Waals surface area contributed by atoms with Crippen LogP contribution in [0.1, 0.15) is 22.3 Å². The number of amides is 1. The summed E-state index contributed by atoms with van der Waals surface area (Å²) in [4.78, 5) is 15.9. The molecule has 0 fully saturated rings. The van der Waals surface area contributed by atoms with Crippen molar-refractivity contribution in [2.24, 2.45) is 0 Å². The number of nitrogens with one attached hydrogen (secondary N) is 1. The van der Waals surface area contributed by atoms with Gasteiger partial charge in [-0.3, -0.25) is 9.78 Å². The Kier molecular flexibility index (Phi) is 5.10. The summed E-state index contributed by atoms with van der Waals surface area (Å²) in [6, 6.07) is 11.4. The minimum atomic E-state index is -0.111. The molecule has 4 heteroatoms. The summed E-state index contributed by atoms with van der Waals surface area (Å²) >= 11 is 3.42. The second-order valence-corrected chi connectivity index (χ2v) is 4.98. The van der Waals surface area contributed by atoms with Crippen LogP contribution in [0, 0.1) is 0 Å². The molecule has 1 aromatic heterocycles. The third kappa shape index (κ3) is 4.17. The fourth-order valence-corrected chi connectivity index (χ4v) is 2.06. The minimum Gasteiger partial charge on any atom is -0.322 e. The Balaban J connectivity index is 2.05. The van der Waals surface area contributed by atoms with Crippen molar-refractivity contribution >= 4 is 27.5 Å². The van der Waals surface area contributed by atoms with Crippen molar-refractivity contribution in [3.63, 3.8) is 0 Å². The number of carbonyl (C=O) groups is 1. The van der Waals surface area contributed by atoms with Gasteiger partial charge in [-0.05, 0) is 42.7 Å². The highest BCUT2D eigenvalue weighted by Gasteiger charge is 2.05. The highest BCUT2D eigenvalue weighted by atomic mass is 79.9. The van der Waals surface area contributed by atoms with Gasteiger partial charge in [-0.1, -0.05) is 28.1 Å². The number of hydrogen-bond donors (Lipinski definition) is 1. The van der Waals surface area contributed by atoms with Crippen LogP contribution < -0.4 is 5.32 Å². The molecule has 2 aromatic rings. The SMILES string of the molecule is O=C(Nc1cccc(CCCBr)c1)c1ccncc1. The molecule has 0 spiro atoms. The number of halogens is 1. The Hall–Kier alpha value is -1.68. The zero-order valence-corrected chi connectivity index (χ0v) is 12.1. The molecule has 19 heavy (non-hydrogen) atoms. The van der Waals surface area contributed by atoms with E-state index in [0.29, 0.717) is 5.56 Å². The molecule has 0 saturated heterocycles. The van der Waals surface area contributed by atoms with Crippen molar-refractivity contribution in [1.82, 2.24) is 4.98 Å². The number of pyridine rings is 1. The predicted octanol–water partition coefficient (Wildman–Crippen LogP) is 3.66. The molecule has 0 radical (unpaired) electrons. The zero-order chi connectivity index (χ0) is 13.5. The normalized spacial score (nSPS) is 10.2. The number of aryl methyl sites for hydroxylation is 1. The van der Waals surface area contributed by atoms with E-state index in [4.69, 9.17) is 0 Å². The Morgan fingerprint density at radius 2 is 2.00 bits per heavy atom. The number of aromatic nitrogens is 1. The van der Waals surface area contributed by atoms with Crippen LogP contribution in [0.3, 0.4) is 0 Å². The molecule has 1 N–H and O–H groups in total. The summed E-state index contributed by atoms with van der Waals surface area (Å²) in [6.07, 6.45) is 5.31. The van der Waals surface area contributed by atoms with E-state index in [1.807, 2.05) is 18.2 Å². The first-order chi connectivity index (χ1) is 9.29. The number of anilines is 1. The molecule has 2 rings (SSSR count). The quantitative estimate of drug-likeness (QED) is 0.855. The Morgan fingerprint density at radius 1 is 1.21 bits per heavy atom. The maximum Gasteiger partial charge on any atom is 0.255 e. The third-order valence-corrected chi connectivity index (χ3v) is 3.29. The summed E-state index contributed by atoms with van der Waals surface area (Å²) in [6.45, 7) is 0. The lowest BCUT2D eigenvalue weighted by atomic mass is 10.1. The molecule has 0 aliphatic rings. The first kappa shape index (κ1) is 13.7. The molecule has 0 atom stereocenters. The first-order valence-electron chi connectivity index (χ1n) is 6.16. The van der Waals surface area contributed by atoms with Crippen LogP contribution in [0.2, 0.25) is 0 Å². The highest BCUT2D eigenvalue weighted by Crippen LogP contribution is 2.14. The lowest BCUT2D eigenvalue weighted by Crippen LogP contribution is -2.11. The van der Waals surface area contributed by atoms with Crippen molar-refractivity contribution in [1.29, 1.82) is 0 Å². The van der Waals surface area contributed by atoms with Gasteiger partial charge in [0.05, 0.1) is 0 Å². The molecule has 1 aromatic carbocycles. The molecule has 0 aliphatic carbocycles. The number of nitrogens with zero attached hydrogens (tertiary/aromatic N) is 1. The average Bonchev–Trinajstić information content (AvgIpc) is 2.46. The van der Waals surface area contributed by atoms with E-state index >= 15 is 0 Å². The highest BCUT2D eigenvalue weighted by molar-refractivity contribution is 9.09. The van der Waals surface area contributed by atoms with Crippen LogP contribution in [0.15, 0.2) is 48.8 Å². The molecule has 98 valence electrons. The smallest absolute Gasteiger partial charge is 0.255 e. The zero-order valence-electron chi connectivity index (χ0n) is 10.5. The molecule has 0 aliphatic heterocycles. The third-order valence-electron chi connectivity index (χ3n) is 2.73. The van der Waals surface area contributed by atoms with Crippen molar-refractivity contribution in [2.45, 2.75) is 12.8 Å². The second kappa shape index (κ2) is 7.04. The Labute approximate surface area is 121 Å². The second-order valence-electron chi connectivity index (χ2n) is 4.18. The van der Waals surface area contributed by atoms with E-state index < -0.39 is 0 Å². The monoisotopic (exact) mass is 318 g/mol. The van der Waals surface area contributed by atoms with Gasteiger partial charge in [-0.2, -0.15) is 0 Å². The van der Waals surface area contributed by atoms with Crippen molar-refractivity contribution < 1.29 is 4.79 Å². The van der Waals surface area contributed by atoms with Gasteiger partial charge in [0, 0.05) is 29.0 Å². The molecule has 1 heterocycles. The van der Waals surface area contributed by atoms with E-state index in [0.717, 1.165) is 23.9 Å². The summed E-state index contributed by atoms with van der Waals surface area (Å²) in [5, 5.41) is 3.88. The number of carbonyl (C=O) groups excluding carboxylic acids is 1. The summed E-state index contributed by atoms with van der Waals surface area (Å²) < 4.78 is 0. The van der Waals surface area contributed by atoms with Gasteiger partial charge in [0.2, 0.25) is 0 Å². The lowest BCUT2D eigenvalue weighted by Gasteiger charge is -2.07. The average molecular weight is 319 g/mol. The molecule has 0 saturated carbocycles. The summed E-state index contributed by atoms with van der Waals surface area (Å²) in [7, 11) is 0. The first-order valence-corrected chi connectivity index (χ1v) is 7.28. The topological polar surface area (TPSA) is 42.0 Å². The Bertz CT molecular complexity index is 543. The maximum atomic E-state index is 12.0.